The summed E-state index contributed by atoms with van der Waals surface area (Å²) in [6.07, 6.45) is 5.70. The second-order valence-electron chi connectivity index (χ2n) is 6.55. The van der Waals surface area contributed by atoms with Gasteiger partial charge in [-0.2, -0.15) is 0 Å². The molecule has 0 bridgehead atoms. The Labute approximate surface area is 120 Å². The van der Waals surface area contributed by atoms with E-state index in [0.717, 1.165) is 25.7 Å². The summed E-state index contributed by atoms with van der Waals surface area (Å²) in [5.74, 6) is -0.954. The number of carbonyl (C=O) groups excluding carboxylic acids is 1. The zero-order valence-electron chi connectivity index (χ0n) is 12.2. The van der Waals surface area contributed by atoms with Crippen molar-refractivity contribution in [1.82, 2.24) is 4.90 Å². The first kappa shape index (κ1) is 15.3. The Kier molecular flexibility index (Phi) is 4.37. The molecule has 0 aromatic rings. The highest BCUT2D eigenvalue weighted by molar-refractivity contribution is 5.85. The minimum absolute atomic E-state index is 0.0878. The molecule has 5 heteroatoms. The monoisotopic (exact) mass is 283 g/mol. The summed E-state index contributed by atoms with van der Waals surface area (Å²) in [6.45, 7) is 2.72. The number of carbonyl (C=O) groups is 2. The molecule has 0 aromatic heterocycles. The van der Waals surface area contributed by atoms with Crippen LogP contribution in [0.2, 0.25) is 0 Å². The van der Waals surface area contributed by atoms with Crippen molar-refractivity contribution in [2.45, 2.75) is 63.9 Å². The molecule has 2 rings (SSSR count). The summed E-state index contributed by atoms with van der Waals surface area (Å²) in [5, 5.41) is 19.6. The summed E-state index contributed by atoms with van der Waals surface area (Å²) in [7, 11) is 0. The number of hydrogen-bond acceptors (Lipinski definition) is 3. The smallest absolute Gasteiger partial charge is 0.310 e. The minimum Gasteiger partial charge on any atom is -0.481 e. The standard InChI is InChI=1S/C15H25NO4/c1-2-6-15(20)10-16(11-15)12(17)9-14(13(18)19)7-4-3-5-8-14/h20H,2-11H2,1H3,(H,18,19). The Bertz CT molecular complexity index is 381. The average molecular weight is 283 g/mol. The van der Waals surface area contributed by atoms with Crippen molar-refractivity contribution in [3.8, 4) is 0 Å². The first-order valence-corrected chi connectivity index (χ1v) is 7.64. The van der Waals surface area contributed by atoms with Crippen molar-refractivity contribution in [2.75, 3.05) is 13.1 Å². The van der Waals surface area contributed by atoms with E-state index in [-0.39, 0.29) is 12.3 Å². The summed E-state index contributed by atoms with van der Waals surface area (Å²) >= 11 is 0. The highest BCUT2D eigenvalue weighted by atomic mass is 16.4. The lowest BCUT2D eigenvalue weighted by Gasteiger charge is -2.47. The van der Waals surface area contributed by atoms with Crippen LogP contribution >= 0.6 is 0 Å². The SMILES string of the molecule is CCCC1(O)CN(C(=O)CC2(C(=O)O)CCCCC2)C1. The first-order chi connectivity index (χ1) is 9.41. The molecule has 1 saturated carbocycles. The predicted molar refractivity (Wildman–Crippen MR) is 74.2 cm³/mol. The third-order valence-electron chi connectivity index (χ3n) is 4.79. The number of likely N-dealkylation sites (tertiary alicyclic amines) is 1. The maximum absolute atomic E-state index is 12.2. The Morgan fingerprint density at radius 3 is 2.25 bits per heavy atom. The molecule has 114 valence electrons. The van der Waals surface area contributed by atoms with Gasteiger partial charge in [0.15, 0.2) is 0 Å². The Hall–Kier alpha value is -1.10. The molecule has 0 unspecified atom stereocenters. The van der Waals surface area contributed by atoms with Crippen molar-refractivity contribution >= 4 is 11.9 Å². The van der Waals surface area contributed by atoms with Gasteiger partial charge in [0.05, 0.1) is 24.1 Å². The number of carboxylic acid groups (broad SMARTS) is 1. The van der Waals surface area contributed by atoms with Crippen LogP contribution in [0.3, 0.4) is 0 Å². The molecule has 1 saturated heterocycles. The van der Waals surface area contributed by atoms with Crippen LogP contribution < -0.4 is 0 Å². The molecule has 1 aliphatic heterocycles. The van der Waals surface area contributed by atoms with Gasteiger partial charge in [-0.25, -0.2) is 0 Å². The molecule has 5 nitrogen and oxygen atoms in total. The number of aliphatic carboxylic acids is 1. The molecule has 1 heterocycles. The van der Waals surface area contributed by atoms with Gasteiger partial charge in [-0.1, -0.05) is 32.6 Å². The lowest BCUT2D eigenvalue weighted by atomic mass is 9.71. The number of nitrogens with zero attached hydrogens (tertiary/aromatic N) is 1. The van der Waals surface area contributed by atoms with E-state index >= 15 is 0 Å². The van der Waals surface area contributed by atoms with Crippen LogP contribution in [-0.4, -0.2) is 45.7 Å². The zero-order chi connectivity index (χ0) is 14.8. The molecule has 2 aliphatic rings. The fraction of sp³-hybridized carbons (Fsp3) is 0.867. The summed E-state index contributed by atoms with van der Waals surface area (Å²) in [4.78, 5) is 25.4. The number of amides is 1. The van der Waals surface area contributed by atoms with Gasteiger partial charge in [0.1, 0.15) is 0 Å². The fourth-order valence-corrected chi connectivity index (χ4v) is 3.56. The third-order valence-corrected chi connectivity index (χ3v) is 4.79. The number of aliphatic hydroxyl groups is 1. The molecule has 1 amide bonds. The molecule has 1 aliphatic carbocycles. The van der Waals surface area contributed by atoms with Gasteiger partial charge in [-0.15, -0.1) is 0 Å². The first-order valence-electron chi connectivity index (χ1n) is 7.64. The largest absolute Gasteiger partial charge is 0.481 e. The van der Waals surface area contributed by atoms with Gasteiger partial charge in [0.2, 0.25) is 5.91 Å². The minimum atomic E-state index is -0.867. The van der Waals surface area contributed by atoms with Crippen LogP contribution in [0.5, 0.6) is 0 Å². The maximum Gasteiger partial charge on any atom is 0.310 e. The van der Waals surface area contributed by atoms with Crippen LogP contribution in [0.1, 0.15) is 58.3 Å². The molecular formula is C15H25NO4. The third kappa shape index (κ3) is 2.97. The van der Waals surface area contributed by atoms with E-state index in [9.17, 15) is 19.8 Å². The van der Waals surface area contributed by atoms with Gasteiger partial charge in [-0.3, -0.25) is 9.59 Å². The van der Waals surface area contributed by atoms with Crippen LogP contribution in [0.15, 0.2) is 0 Å². The number of rotatable bonds is 5. The summed E-state index contributed by atoms with van der Waals surface area (Å²) in [6, 6.07) is 0. The normalized spacial score (nSPS) is 24.0. The molecular weight excluding hydrogens is 258 g/mol. The van der Waals surface area contributed by atoms with Crippen LogP contribution in [-0.2, 0) is 9.59 Å². The van der Waals surface area contributed by atoms with E-state index in [4.69, 9.17) is 0 Å². The Balaban J connectivity index is 1.92. The maximum atomic E-state index is 12.2. The van der Waals surface area contributed by atoms with E-state index in [0.29, 0.717) is 32.4 Å². The van der Waals surface area contributed by atoms with Crippen LogP contribution in [0.25, 0.3) is 0 Å². The quantitative estimate of drug-likeness (QED) is 0.806. The lowest BCUT2D eigenvalue weighted by Crippen LogP contribution is -2.64. The van der Waals surface area contributed by atoms with E-state index in [1.54, 1.807) is 4.90 Å². The van der Waals surface area contributed by atoms with Gasteiger partial charge in [0, 0.05) is 6.42 Å². The van der Waals surface area contributed by atoms with Crippen molar-refractivity contribution in [2.24, 2.45) is 5.41 Å². The molecule has 0 spiro atoms. The molecule has 20 heavy (non-hydrogen) atoms. The van der Waals surface area contributed by atoms with Crippen LogP contribution in [0.4, 0.5) is 0 Å². The average Bonchev–Trinajstić information content (AvgIpc) is 2.37. The Morgan fingerprint density at radius 1 is 1.15 bits per heavy atom. The van der Waals surface area contributed by atoms with Crippen molar-refractivity contribution in [3.05, 3.63) is 0 Å². The topological polar surface area (TPSA) is 77.8 Å². The van der Waals surface area contributed by atoms with Gasteiger partial charge < -0.3 is 15.1 Å². The summed E-state index contributed by atoms with van der Waals surface area (Å²) < 4.78 is 0. The summed E-state index contributed by atoms with van der Waals surface area (Å²) in [5.41, 5.74) is -1.61. The number of carboxylic acids is 1. The molecule has 0 aromatic carbocycles. The van der Waals surface area contributed by atoms with E-state index in [2.05, 4.69) is 0 Å². The fourth-order valence-electron chi connectivity index (χ4n) is 3.56. The molecule has 2 N–H and O–H groups in total. The number of β-amino-alcohol motifs (C(OH)–C–C–N with tert-alkyl or cyclic N) is 1. The van der Waals surface area contributed by atoms with E-state index in [1.165, 1.54) is 0 Å². The lowest BCUT2D eigenvalue weighted by molar-refractivity contribution is -0.166. The molecule has 0 radical (unpaired) electrons. The van der Waals surface area contributed by atoms with Crippen molar-refractivity contribution < 1.29 is 19.8 Å². The second kappa shape index (κ2) is 5.72. The second-order valence-corrected chi connectivity index (χ2v) is 6.55. The zero-order valence-corrected chi connectivity index (χ0v) is 12.2. The number of hydrogen-bond donors (Lipinski definition) is 2. The van der Waals surface area contributed by atoms with Crippen molar-refractivity contribution in [1.29, 1.82) is 0 Å². The highest BCUT2D eigenvalue weighted by Gasteiger charge is 2.47. The molecule has 2 fully saturated rings. The van der Waals surface area contributed by atoms with Crippen LogP contribution in [0, 0.1) is 5.41 Å². The Morgan fingerprint density at radius 2 is 1.75 bits per heavy atom. The van der Waals surface area contributed by atoms with Gasteiger partial charge in [-0.05, 0) is 19.3 Å². The highest BCUT2D eigenvalue weighted by Crippen LogP contribution is 2.41. The predicted octanol–water partition coefficient (Wildman–Crippen LogP) is 1.78. The van der Waals surface area contributed by atoms with Crippen molar-refractivity contribution in [3.63, 3.8) is 0 Å². The van der Waals surface area contributed by atoms with E-state index in [1.807, 2.05) is 6.92 Å². The van der Waals surface area contributed by atoms with Gasteiger partial charge in [0.25, 0.3) is 0 Å². The van der Waals surface area contributed by atoms with E-state index < -0.39 is 17.0 Å². The van der Waals surface area contributed by atoms with Gasteiger partial charge >= 0.3 is 5.97 Å². The molecule has 0 atom stereocenters.